The van der Waals surface area contributed by atoms with E-state index in [0.717, 1.165) is 19.3 Å². The lowest BCUT2D eigenvalue weighted by molar-refractivity contribution is -0.142. The van der Waals surface area contributed by atoms with Gasteiger partial charge in [0.2, 0.25) is 33.6 Å². The first-order valence-electron chi connectivity index (χ1n) is 20.0. The maximum atomic E-state index is 14.9. The number of hydrogen-bond acceptors (Lipinski definition) is 11. The van der Waals surface area contributed by atoms with E-state index in [4.69, 9.17) is 14.2 Å². The minimum absolute atomic E-state index is 0.0288. The van der Waals surface area contributed by atoms with E-state index in [9.17, 15) is 27.6 Å². The summed E-state index contributed by atoms with van der Waals surface area (Å²) in [7, 11) is -2.50. The topological polar surface area (TPSA) is 195 Å². The van der Waals surface area contributed by atoms with Crippen LogP contribution in [-0.4, -0.2) is 95.6 Å². The highest BCUT2D eigenvalue weighted by Gasteiger charge is 2.63. The summed E-state index contributed by atoms with van der Waals surface area (Å²) >= 11 is 0. The summed E-state index contributed by atoms with van der Waals surface area (Å²) in [5, 5.41) is 15.6. The number of sulfonamides is 1. The molecule has 15 nitrogen and oxygen atoms in total. The van der Waals surface area contributed by atoms with Crippen LogP contribution in [0.2, 0.25) is 0 Å². The lowest BCUT2D eigenvalue weighted by atomic mass is 9.88. The van der Waals surface area contributed by atoms with Crippen LogP contribution in [0.25, 0.3) is 10.8 Å². The van der Waals surface area contributed by atoms with Gasteiger partial charge >= 0.3 is 6.09 Å². The van der Waals surface area contributed by atoms with Crippen LogP contribution in [0.5, 0.6) is 11.8 Å². The van der Waals surface area contributed by atoms with Gasteiger partial charge < -0.3 is 29.7 Å². The molecule has 56 heavy (non-hydrogen) atoms. The molecule has 1 aromatic carbocycles. The average molecular weight is 793 g/mol. The van der Waals surface area contributed by atoms with Crippen molar-refractivity contribution in [2.24, 2.45) is 29.6 Å². The van der Waals surface area contributed by atoms with E-state index in [2.05, 4.69) is 32.5 Å². The molecule has 6 aliphatic rings. The molecule has 0 spiro atoms. The lowest BCUT2D eigenvalue weighted by Gasteiger charge is -2.33. The molecule has 0 radical (unpaired) electrons. The highest BCUT2D eigenvalue weighted by Crippen LogP contribution is 2.52. The standard InChI is InChI=1S/C40H52N6O9S/c1-22-9-5-6-10-26-20-40(26,37(49)45-56(51,52)39(3)13-14-39)42-33(47)31-19-28(54-35-30-12-8-7-11-29(30)34(53-4)43-44-35)21-46(31)36(48)32(23(2)15-22)41-38(50)55-27-17-24-16-25(24)18-27/h6-8,10-12,22-28,31-32H,5,9,13-21H2,1-4H3,(H,41,50)(H,42,47)(H,45,49). The van der Waals surface area contributed by atoms with E-state index in [0.29, 0.717) is 54.2 Å². The van der Waals surface area contributed by atoms with Gasteiger partial charge in [-0.2, -0.15) is 0 Å². The smallest absolute Gasteiger partial charge is 0.408 e. The van der Waals surface area contributed by atoms with E-state index in [1.54, 1.807) is 6.92 Å². The van der Waals surface area contributed by atoms with Crippen molar-refractivity contribution in [3.8, 4) is 11.8 Å². The Morgan fingerprint density at radius 2 is 1.66 bits per heavy atom. The molecule has 16 heteroatoms. The molecule has 1 aromatic heterocycles. The van der Waals surface area contributed by atoms with Gasteiger partial charge in [-0.05, 0) is 101 Å². The predicted octanol–water partition coefficient (Wildman–Crippen LogP) is 3.77. The van der Waals surface area contributed by atoms with Crippen molar-refractivity contribution < 1.29 is 41.8 Å². The lowest BCUT2D eigenvalue weighted by Crippen LogP contribution is -2.59. The molecule has 302 valence electrons. The molecular weight excluding hydrogens is 741 g/mol. The van der Waals surface area contributed by atoms with Gasteiger partial charge in [-0.3, -0.25) is 19.1 Å². The van der Waals surface area contributed by atoms with Crippen molar-refractivity contribution in [3.63, 3.8) is 0 Å². The second kappa shape index (κ2) is 14.5. The largest absolute Gasteiger partial charge is 0.479 e. The van der Waals surface area contributed by atoms with Crippen LogP contribution in [0.15, 0.2) is 36.4 Å². The molecule has 4 saturated carbocycles. The molecule has 9 unspecified atom stereocenters. The maximum Gasteiger partial charge on any atom is 0.408 e. The average Bonchev–Trinajstić information content (AvgIpc) is 4.12. The van der Waals surface area contributed by atoms with Crippen molar-refractivity contribution >= 4 is 44.6 Å². The molecule has 3 N–H and O–H groups in total. The van der Waals surface area contributed by atoms with Gasteiger partial charge in [0.25, 0.3) is 5.91 Å². The fraction of sp³-hybridized carbons (Fsp3) is 0.650. The summed E-state index contributed by atoms with van der Waals surface area (Å²) in [4.78, 5) is 58.2. The third-order valence-electron chi connectivity index (χ3n) is 13.1. The van der Waals surface area contributed by atoms with Crippen LogP contribution >= 0.6 is 0 Å². The molecule has 3 heterocycles. The number of carbonyl (C=O) groups is 4. The Bertz CT molecular complexity index is 2050. The normalized spacial score (nSPS) is 34.8. The van der Waals surface area contributed by atoms with E-state index in [-0.39, 0.29) is 43.2 Å². The maximum absolute atomic E-state index is 14.9. The molecule has 4 aliphatic carbocycles. The van der Waals surface area contributed by atoms with E-state index >= 15 is 0 Å². The van der Waals surface area contributed by atoms with E-state index in [1.165, 1.54) is 18.4 Å². The number of allylic oxidation sites excluding steroid dienone is 1. The van der Waals surface area contributed by atoms with E-state index < -0.39 is 68.2 Å². The first-order chi connectivity index (χ1) is 26.7. The Hall–Kier alpha value is -4.47. The van der Waals surface area contributed by atoms with Gasteiger partial charge in [-0.15, -0.1) is 10.2 Å². The molecule has 9 atom stereocenters. The summed E-state index contributed by atoms with van der Waals surface area (Å²) in [6.45, 7) is 5.58. The molecule has 2 aliphatic heterocycles. The quantitative estimate of drug-likeness (QED) is 0.330. The Labute approximate surface area is 327 Å². The fourth-order valence-electron chi connectivity index (χ4n) is 9.12. The predicted molar refractivity (Wildman–Crippen MR) is 204 cm³/mol. The van der Waals surface area contributed by atoms with Crippen molar-refractivity contribution in [3.05, 3.63) is 36.4 Å². The Morgan fingerprint density at radius 3 is 2.36 bits per heavy atom. The fourth-order valence-corrected chi connectivity index (χ4v) is 10.4. The Balaban J connectivity index is 1.10. The second-order valence-corrected chi connectivity index (χ2v) is 19.6. The van der Waals surface area contributed by atoms with Crippen molar-refractivity contribution in [1.82, 2.24) is 30.5 Å². The molecule has 5 fully saturated rings. The van der Waals surface area contributed by atoms with Crippen LogP contribution in [0.1, 0.15) is 85.0 Å². The number of alkyl carbamates (subject to hydrolysis) is 1. The third kappa shape index (κ3) is 7.40. The number of carbonyl (C=O) groups excluding carboxylic acids is 4. The van der Waals surface area contributed by atoms with Gasteiger partial charge in [0.05, 0.1) is 29.2 Å². The number of hydrogen-bond donors (Lipinski definition) is 3. The third-order valence-corrected chi connectivity index (χ3v) is 15.2. The molecular formula is C40H52N6O9S. The number of fused-ring (bicyclic) bond motifs is 4. The summed E-state index contributed by atoms with van der Waals surface area (Å²) in [5.74, 6) is -0.794. The molecule has 0 bridgehead atoms. The van der Waals surface area contributed by atoms with Crippen molar-refractivity contribution in [1.29, 1.82) is 0 Å². The molecule has 4 amide bonds. The van der Waals surface area contributed by atoms with Crippen LogP contribution < -0.4 is 24.8 Å². The van der Waals surface area contributed by atoms with Crippen LogP contribution in [0, 0.1) is 29.6 Å². The Morgan fingerprint density at radius 1 is 0.964 bits per heavy atom. The van der Waals surface area contributed by atoms with Crippen LogP contribution in [0.3, 0.4) is 0 Å². The van der Waals surface area contributed by atoms with Gasteiger partial charge in [-0.1, -0.05) is 38.1 Å². The first kappa shape index (κ1) is 38.4. The zero-order chi connectivity index (χ0) is 39.6. The number of benzene rings is 1. The van der Waals surface area contributed by atoms with Crippen molar-refractivity contribution in [2.75, 3.05) is 13.7 Å². The summed E-state index contributed by atoms with van der Waals surface area (Å²) in [5.41, 5.74) is -1.53. The molecule has 8 rings (SSSR count). The number of ether oxygens (including phenoxy) is 3. The Kier molecular flexibility index (Phi) is 9.93. The highest BCUT2D eigenvalue weighted by molar-refractivity contribution is 7.91. The number of rotatable bonds is 8. The first-order valence-corrected chi connectivity index (χ1v) is 21.5. The minimum Gasteiger partial charge on any atom is -0.479 e. The number of methoxy groups -OCH3 is 1. The van der Waals surface area contributed by atoms with Crippen LogP contribution in [0.4, 0.5) is 4.79 Å². The number of amides is 4. The van der Waals surface area contributed by atoms with Crippen LogP contribution in [-0.2, 0) is 29.1 Å². The molecule has 2 aromatic rings. The van der Waals surface area contributed by atoms with Gasteiger partial charge in [0.15, 0.2) is 0 Å². The van der Waals surface area contributed by atoms with Crippen molar-refractivity contribution in [2.45, 2.75) is 120 Å². The monoisotopic (exact) mass is 792 g/mol. The SMILES string of the molecule is COc1nnc(OC2CC3C(=O)NC4(C(=O)NS(=O)(=O)C5(C)CC5)CC4C=CCCC(C)CC(C)C(NC(=O)OC4CC5CC5C4)C(=O)N3C2)c2ccccc12. The zero-order valence-corrected chi connectivity index (χ0v) is 33.2. The number of nitrogens with zero attached hydrogens (tertiary/aromatic N) is 3. The highest BCUT2D eigenvalue weighted by atomic mass is 32.2. The van der Waals surface area contributed by atoms with Gasteiger partial charge in [0, 0.05) is 12.3 Å². The van der Waals surface area contributed by atoms with Gasteiger partial charge in [-0.25, -0.2) is 13.2 Å². The number of nitrogens with one attached hydrogen (secondary N) is 3. The number of aromatic nitrogens is 2. The molecule has 1 saturated heterocycles. The zero-order valence-electron chi connectivity index (χ0n) is 32.4. The van der Waals surface area contributed by atoms with Gasteiger partial charge in [0.1, 0.15) is 29.8 Å². The summed E-state index contributed by atoms with van der Waals surface area (Å²) in [6.07, 6.45) is 8.26. The van der Waals surface area contributed by atoms with E-state index in [1.807, 2.05) is 43.3 Å². The minimum atomic E-state index is -4.00. The second-order valence-electron chi connectivity index (χ2n) is 17.4. The summed E-state index contributed by atoms with van der Waals surface area (Å²) < 4.78 is 45.3. The summed E-state index contributed by atoms with van der Waals surface area (Å²) in [6, 6.07) is 5.15.